The third-order valence-corrected chi connectivity index (χ3v) is 4.80. The predicted octanol–water partition coefficient (Wildman–Crippen LogP) is 1.48. The topological polar surface area (TPSA) is 69.6 Å². The van der Waals surface area contributed by atoms with Crippen LogP contribution in [0.3, 0.4) is 0 Å². The van der Waals surface area contributed by atoms with E-state index in [1.54, 1.807) is 6.07 Å². The smallest absolute Gasteiger partial charge is 0.301 e. The second kappa shape index (κ2) is 6.94. The van der Waals surface area contributed by atoms with Crippen LogP contribution in [-0.2, 0) is 10.2 Å². The number of rotatable bonds is 4. The summed E-state index contributed by atoms with van der Waals surface area (Å²) in [6, 6.07) is 5.41. The largest absolute Gasteiger partial charge is 0.395 e. The number of aliphatic hydroxyl groups is 1. The lowest BCUT2D eigenvalue weighted by Gasteiger charge is -2.17. The Labute approximate surface area is 126 Å². The number of nitrogens with one attached hydrogen (secondary N) is 1. The molecule has 0 radical (unpaired) electrons. The lowest BCUT2D eigenvalue weighted by atomic mass is 10.1. The monoisotopic (exact) mass is 308 g/mol. The molecule has 0 aromatic heterocycles. The van der Waals surface area contributed by atoms with Crippen LogP contribution in [0.2, 0.25) is 0 Å². The lowest BCUT2D eigenvalue weighted by molar-refractivity contribution is 0.305. The van der Waals surface area contributed by atoms with Crippen molar-refractivity contribution < 1.29 is 13.5 Å². The molecule has 2 rings (SSSR count). The Morgan fingerprint density at radius 2 is 2.05 bits per heavy atom. The van der Waals surface area contributed by atoms with Crippen LogP contribution in [0.5, 0.6) is 0 Å². The van der Waals surface area contributed by atoms with Crippen LogP contribution in [0.15, 0.2) is 18.2 Å². The summed E-state index contributed by atoms with van der Waals surface area (Å²) in [5.74, 6) is 5.74. The quantitative estimate of drug-likeness (QED) is 0.828. The molecule has 0 bridgehead atoms. The number of aryl methyl sites for hydroxylation is 1. The van der Waals surface area contributed by atoms with Gasteiger partial charge in [-0.25, -0.2) is 0 Å². The summed E-state index contributed by atoms with van der Waals surface area (Å²) in [5.41, 5.74) is 2.12. The molecule has 2 N–H and O–H groups in total. The Morgan fingerprint density at radius 3 is 2.71 bits per heavy atom. The van der Waals surface area contributed by atoms with Gasteiger partial charge in [0.1, 0.15) is 0 Å². The summed E-state index contributed by atoms with van der Waals surface area (Å²) in [6.07, 6.45) is 2.17. The Balaban J connectivity index is 2.25. The highest BCUT2D eigenvalue weighted by atomic mass is 32.2. The molecule has 1 aromatic rings. The van der Waals surface area contributed by atoms with Gasteiger partial charge in [0.05, 0.1) is 12.3 Å². The number of hydrogen-bond acceptors (Lipinski definition) is 3. The average Bonchev–Trinajstić information content (AvgIpc) is 2.97. The van der Waals surface area contributed by atoms with Gasteiger partial charge in [-0.15, -0.1) is 0 Å². The first kappa shape index (κ1) is 15.8. The molecule has 1 saturated heterocycles. The van der Waals surface area contributed by atoms with Crippen LogP contribution in [0.25, 0.3) is 0 Å². The van der Waals surface area contributed by atoms with Gasteiger partial charge in [-0.2, -0.15) is 12.7 Å². The molecular weight excluding hydrogens is 288 g/mol. The lowest BCUT2D eigenvalue weighted by Crippen LogP contribution is -2.33. The Morgan fingerprint density at radius 1 is 1.33 bits per heavy atom. The molecule has 0 unspecified atom stereocenters. The van der Waals surface area contributed by atoms with Crippen LogP contribution in [0, 0.1) is 18.8 Å². The van der Waals surface area contributed by atoms with Crippen LogP contribution < -0.4 is 4.72 Å². The molecule has 114 valence electrons. The molecule has 0 aliphatic carbocycles. The molecule has 5 nitrogen and oxygen atoms in total. The first-order valence-electron chi connectivity index (χ1n) is 7.01. The minimum Gasteiger partial charge on any atom is -0.395 e. The van der Waals surface area contributed by atoms with Crippen molar-refractivity contribution in [2.75, 3.05) is 24.4 Å². The first-order chi connectivity index (χ1) is 10.0. The normalized spacial score (nSPS) is 15.5. The van der Waals surface area contributed by atoms with E-state index in [-0.39, 0.29) is 6.61 Å². The minimum atomic E-state index is -3.51. The summed E-state index contributed by atoms with van der Waals surface area (Å²) in [4.78, 5) is 0. The van der Waals surface area contributed by atoms with Gasteiger partial charge in [-0.05, 0) is 37.5 Å². The van der Waals surface area contributed by atoms with Crippen molar-refractivity contribution in [2.24, 2.45) is 0 Å². The SMILES string of the molecule is Cc1ccc(NS(=O)(=O)N2CCCC2)c(C#CCCO)c1. The molecule has 1 aliphatic rings. The van der Waals surface area contributed by atoms with Crippen LogP contribution in [-0.4, -0.2) is 37.5 Å². The van der Waals surface area contributed by atoms with Gasteiger partial charge < -0.3 is 5.11 Å². The van der Waals surface area contributed by atoms with Gasteiger partial charge in [-0.1, -0.05) is 17.9 Å². The van der Waals surface area contributed by atoms with E-state index in [9.17, 15) is 8.42 Å². The number of nitrogens with zero attached hydrogens (tertiary/aromatic N) is 1. The van der Waals surface area contributed by atoms with Crippen molar-refractivity contribution >= 4 is 15.9 Å². The van der Waals surface area contributed by atoms with Crippen molar-refractivity contribution in [1.82, 2.24) is 4.31 Å². The fourth-order valence-corrected chi connectivity index (χ4v) is 3.52. The fourth-order valence-electron chi connectivity index (χ4n) is 2.20. The van der Waals surface area contributed by atoms with E-state index in [1.165, 1.54) is 4.31 Å². The minimum absolute atomic E-state index is 0.00630. The van der Waals surface area contributed by atoms with E-state index in [1.807, 2.05) is 19.1 Å². The molecule has 1 aliphatic heterocycles. The van der Waals surface area contributed by atoms with Gasteiger partial charge in [0, 0.05) is 25.1 Å². The highest BCUT2D eigenvalue weighted by Gasteiger charge is 2.25. The summed E-state index contributed by atoms with van der Waals surface area (Å²) in [6.45, 7) is 3.04. The maximum atomic E-state index is 12.3. The van der Waals surface area contributed by atoms with E-state index < -0.39 is 10.2 Å². The van der Waals surface area contributed by atoms with E-state index in [0.717, 1.165) is 18.4 Å². The average molecular weight is 308 g/mol. The summed E-state index contributed by atoms with van der Waals surface area (Å²) >= 11 is 0. The van der Waals surface area contributed by atoms with Gasteiger partial charge in [0.2, 0.25) is 0 Å². The summed E-state index contributed by atoms with van der Waals surface area (Å²) in [5, 5.41) is 8.78. The zero-order valence-corrected chi connectivity index (χ0v) is 12.9. The highest BCUT2D eigenvalue weighted by Crippen LogP contribution is 2.21. The fraction of sp³-hybridized carbons (Fsp3) is 0.467. The number of hydrogen-bond donors (Lipinski definition) is 2. The third kappa shape index (κ3) is 4.21. The maximum absolute atomic E-state index is 12.3. The second-order valence-corrected chi connectivity index (χ2v) is 6.71. The van der Waals surface area contributed by atoms with E-state index in [2.05, 4.69) is 16.6 Å². The number of aliphatic hydroxyl groups excluding tert-OH is 1. The van der Waals surface area contributed by atoms with Crippen molar-refractivity contribution in [3.63, 3.8) is 0 Å². The van der Waals surface area contributed by atoms with Crippen LogP contribution >= 0.6 is 0 Å². The van der Waals surface area contributed by atoms with Crippen LogP contribution in [0.4, 0.5) is 5.69 Å². The van der Waals surface area contributed by atoms with E-state index in [0.29, 0.717) is 30.8 Å². The third-order valence-electron chi connectivity index (χ3n) is 3.28. The zero-order chi connectivity index (χ0) is 15.3. The Hall–Kier alpha value is -1.55. The van der Waals surface area contributed by atoms with Crippen LogP contribution in [0.1, 0.15) is 30.4 Å². The summed E-state index contributed by atoms with van der Waals surface area (Å²) in [7, 11) is -3.51. The molecular formula is C15H20N2O3S. The first-order valence-corrected chi connectivity index (χ1v) is 8.45. The van der Waals surface area contributed by atoms with Crippen molar-refractivity contribution in [3.8, 4) is 11.8 Å². The Kier molecular flexibility index (Phi) is 5.23. The van der Waals surface area contributed by atoms with Gasteiger partial charge >= 0.3 is 10.2 Å². The molecule has 0 spiro atoms. The molecule has 1 aromatic carbocycles. The Bertz CT molecular complexity index is 653. The molecule has 1 fully saturated rings. The van der Waals surface area contributed by atoms with Crippen molar-refractivity contribution in [3.05, 3.63) is 29.3 Å². The van der Waals surface area contributed by atoms with Crippen molar-refractivity contribution in [2.45, 2.75) is 26.2 Å². The standard InChI is InChI=1S/C15H20N2O3S/c1-13-7-8-15(14(12-13)6-2-5-11-18)16-21(19,20)17-9-3-4-10-17/h7-8,12,16,18H,3-5,9-11H2,1H3. The van der Waals surface area contributed by atoms with Gasteiger partial charge in [0.25, 0.3) is 0 Å². The van der Waals surface area contributed by atoms with E-state index >= 15 is 0 Å². The van der Waals surface area contributed by atoms with Gasteiger partial charge in [0.15, 0.2) is 0 Å². The maximum Gasteiger partial charge on any atom is 0.301 e. The molecule has 0 amide bonds. The predicted molar refractivity (Wildman–Crippen MR) is 83.1 cm³/mol. The number of benzene rings is 1. The summed E-state index contributed by atoms with van der Waals surface area (Å²) < 4.78 is 28.7. The zero-order valence-electron chi connectivity index (χ0n) is 12.1. The van der Waals surface area contributed by atoms with Gasteiger partial charge in [-0.3, -0.25) is 4.72 Å². The van der Waals surface area contributed by atoms with Crippen molar-refractivity contribution in [1.29, 1.82) is 0 Å². The highest BCUT2D eigenvalue weighted by molar-refractivity contribution is 7.90. The number of anilines is 1. The molecule has 0 atom stereocenters. The molecule has 1 heterocycles. The second-order valence-electron chi connectivity index (χ2n) is 5.04. The molecule has 6 heteroatoms. The molecule has 0 saturated carbocycles. The molecule has 21 heavy (non-hydrogen) atoms. The van der Waals surface area contributed by atoms with E-state index in [4.69, 9.17) is 5.11 Å².